The Labute approximate surface area is 254 Å². The Balaban J connectivity index is 1.33. The minimum atomic E-state index is -4.70. The molecule has 0 aliphatic heterocycles. The molecule has 0 aliphatic rings. The number of halogens is 3. The molecule has 0 radical (unpaired) electrons. The molecular formula is C30H27F3N6O6. The largest absolute Gasteiger partial charge is 0.487 e. The molecule has 2 amide bonds. The molecule has 2 heterocycles. The Kier molecular flexibility index (Phi) is 9.60. The van der Waals surface area contributed by atoms with Gasteiger partial charge in [0, 0.05) is 38.1 Å². The van der Waals surface area contributed by atoms with Crippen molar-refractivity contribution in [2.75, 3.05) is 44.9 Å². The van der Waals surface area contributed by atoms with Crippen LogP contribution in [0.3, 0.4) is 0 Å². The van der Waals surface area contributed by atoms with Crippen molar-refractivity contribution >= 4 is 28.4 Å². The number of hydrogen-bond acceptors (Lipinski definition) is 9. The standard InChI is InChI=1S/C30H27F3N6O6/c1-41-11-12-43-25-15-23-22(14-24(25)44-18-42-2)28(35-17-34-23)45-21-10-6-7-19(13-21)36-29(40)37-27-16-26(30(31,32)33)39(38-27)20-8-4-3-5-9-20/h3-10,13-17H,11-12,18H2,1-2H3,(H2,36,37,38,40). The van der Waals surface area contributed by atoms with E-state index in [2.05, 4.69) is 25.7 Å². The van der Waals surface area contributed by atoms with Gasteiger partial charge in [0.25, 0.3) is 0 Å². The molecule has 15 heteroatoms. The fraction of sp³-hybridized carbons (Fsp3) is 0.200. The summed E-state index contributed by atoms with van der Waals surface area (Å²) in [6.07, 6.45) is -3.38. The Morgan fingerprint density at radius 1 is 0.867 bits per heavy atom. The number of benzene rings is 3. The van der Waals surface area contributed by atoms with Crippen LogP contribution in [0.1, 0.15) is 5.69 Å². The fourth-order valence-corrected chi connectivity index (χ4v) is 4.14. The van der Waals surface area contributed by atoms with Gasteiger partial charge in [0.1, 0.15) is 24.4 Å². The number of hydrogen-bond donors (Lipinski definition) is 2. The van der Waals surface area contributed by atoms with Crippen LogP contribution in [0.4, 0.5) is 29.5 Å². The highest BCUT2D eigenvalue weighted by atomic mass is 19.4. The van der Waals surface area contributed by atoms with Gasteiger partial charge >= 0.3 is 12.2 Å². The molecule has 0 fully saturated rings. The van der Waals surface area contributed by atoms with E-state index in [1.165, 1.54) is 31.6 Å². The first kappa shape index (κ1) is 31.0. The highest BCUT2D eigenvalue weighted by molar-refractivity contribution is 5.99. The molecule has 2 aromatic heterocycles. The summed E-state index contributed by atoms with van der Waals surface area (Å²) in [4.78, 5) is 21.3. The Bertz CT molecular complexity index is 1770. The maximum atomic E-state index is 13.7. The molecule has 0 spiro atoms. The minimum absolute atomic E-state index is 0.0319. The van der Waals surface area contributed by atoms with E-state index >= 15 is 0 Å². The minimum Gasteiger partial charge on any atom is -0.487 e. The number of ether oxygens (including phenoxy) is 5. The van der Waals surface area contributed by atoms with Crippen molar-refractivity contribution in [1.82, 2.24) is 19.7 Å². The highest BCUT2D eigenvalue weighted by Gasteiger charge is 2.36. The zero-order chi connectivity index (χ0) is 31.8. The molecular weight excluding hydrogens is 597 g/mol. The first-order valence-corrected chi connectivity index (χ1v) is 13.4. The summed E-state index contributed by atoms with van der Waals surface area (Å²) in [6.45, 7) is 0.620. The smallest absolute Gasteiger partial charge is 0.433 e. The number of amides is 2. The maximum absolute atomic E-state index is 13.7. The van der Waals surface area contributed by atoms with Crippen LogP contribution in [0.15, 0.2) is 79.1 Å². The quantitative estimate of drug-likeness (QED) is 0.122. The molecule has 234 valence electrons. The molecule has 45 heavy (non-hydrogen) atoms. The van der Waals surface area contributed by atoms with Crippen LogP contribution in [-0.2, 0) is 15.7 Å². The van der Waals surface area contributed by atoms with Gasteiger partial charge in [-0.3, -0.25) is 5.32 Å². The van der Waals surface area contributed by atoms with Crippen LogP contribution in [0.2, 0.25) is 0 Å². The zero-order valence-corrected chi connectivity index (χ0v) is 24.0. The topological polar surface area (TPSA) is 131 Å². The first-order valence-electron chi connectivity index (χ1n) is 13.4. The van der Waals surface area contributed by atoms with E-state index < -0.39 is 17.9 Å². The Morgan fingerprint density at radius 3 is 2.42 bits per heavy atom. The third kappa shape index (κ3) is 7.76. The average Bonchev–Trinajstić information content (AvgIpc) is 3.45. The molecule has 0 saturated heterocycles. The first-order chi connectivity index (χ1) is 21.7. The second kappa shape index (κ2) is 13.9. The number of nitrogens with zero attached hydrogens (tertiary/aromatic N) is 4. The molecule has 0 atom stereocenters. The number of methoxy groups -OCH3 is 2. The van der Waals surface area contributed by atoms with Crippen molar-refractivity contribution in [2.24, 2.45) is 0 Å². The van der Waals surface area contributed by atoms with Crippen molar-refractivity contribution in [1.29, 1.82) is 0 Å². The van der Waals surface area contributed by atoms with Gasteiger partial charge in [-0.2, -0.15) is 13.2 Å². The van der Waals surface area contributed by atoms with Crippen LogP contribution in [0.25, 0.3) is 16.6 Å². The van der Waals surface area contributed by atoms with Gasteiger partial charge in [-0.1, -0.05) is 24.3 Å². The number of anilines is 2. The molecule has 0 aliphatic carbocycles. The lowest BCUT2D eigenvalue weighted by Gasteiger charge is -2.14. The van der Waals surface area contributed by atoms with Crippen molar-refractivity contribution in [3.63, 3.8) is 0 Å². The second-order valence-electron chi connectivity index (χ2n) is 9.26. The van der Waals surface area contributed by atoms with Crippen LogP contribution in [0, 0.1) is 0 Å². The van der Waals surface area contributed by atoms with Gasteiger partial charge in [0.05, 0.1) is 23.2 Å². The second-order valence-corrected chi connectivity index (χ2v) is 9.26. The predicted molar refractivity (Wildman–Crippen MR) is 157 cm³/mol. The van der Waals surface area contributed by atoms with Crippen molar-refractivity contribution in [3.05, 3.63) is 84.8 Å². The van der Waals surface area contributed by atoms with E-state index in [4.69, 9.17) is 23.7 Å². The molecule has 12 nitrogen and oxygen atoms in total. The molecule has 5 aromatic rings. The zero-order valence-electron chi connectivity index (χ0n) is 24.0. The molecule has 5 rings (SSSR count). The third-order valence-corrected chi connectivity index (χ3v) is 6.09. The van der Waals surface area contributed by atoms with E-state index in [1.54, 1.807) is 55.6 Å². The number of aromatic nitrogens is 4. The van der Waals surface area contributed by atoms with E-state index in [9.17, 15) is 18.0 Å². The van der Waals surface area contributed by atoms with Gasteiger partial charge in [-0.25, -0.2) is 19.4 Å². The highest BCUT2D eigenvalue weighted by Crippen LogP contribution is 2.37. The SMILES string of the molecule is COCCOc1cc2ncnc(Oc3cccc(NC(=O)Nc4cc(C(F)(F)F)n(-c5ccccc5)n4)c3)c2cc1OCOC. The molecule has 0 saturated carbocycles. The predicted octanol–water partition coefficient (Wildman–Crippen LogP) is 6.28. The van der Waals surface area contributed by atoms with Crippen molar-refractivity contribution in [2.45, 2.75) is 6.18 Å². The summed E-state index contributed by atoms with van der Waals surface area (Å²) in [5.74, 6) is 1.00. The van der Waals surface area contributed by atoms with E-state index in [0.29, 0.717) is 40.4 Å². The van der Waals surface area contributed by atoms with Crippen molar-refractivity contribution in [3.8, 4) is 28.8 Å². The average molecular weight is 625 g/mol. The Morgan fingerprint density at radius 2 is 1.67 bits per heavy atom. The third-order valence-electron chi connectivity index (χ3n) is 6.09. The fourth-order valence-electron chi connectivity index (χ4n) is 4.14. The van der Waals surface area contributed by atoms with Gasteiger partial charge in [0.15, 0.2) is 24.1 Å². The monoisotopic (exact) mass is 624 g/mol. The Hall–Kier alpha value is -5.41. The number of nitrogens with one attached hydrogen (secondary N) is 2. The van der Waals surface area contributed by atoms with Crippen LogP contribution in [-0.4, -0.2) is 60.0 Å². The molecule has 2 N–H and O–H groups in total. The van der Waals surface area contributed by atoms with E-state index in [1.807, 2.05) is 0 Å². The summed E-state index contributed by atoms with van der Waals surface area (Å²) < 4.78 is 69.3. The van der Waals surface area contributed by atoms with Gasteiger partial charge in [-0.05, 0) is 30.3 Å². The molecule has 0 unspecified atom stereocenters. The van der Waals surface area contributed by atoms with Crippen LogP contribution >= 0.6 is 0 Å². The molecule has 0 bridgehead atoms. The number of carbonyl (C=O) groups excluding carboxylic acids is 1. The summed E-state index contributed by atoms with van der Waals surface area (Å²) in [5, 5.41) is 9.36. The summed E-state index contributed by atoms with van der Waals surface area (Å²) in [7, 11) is 3.05. The number of fused-ring (bicyclic) bond motifs is 1. The van der Waals surface area contributed by atoms with Crippen LogP contribution in [0.5, 0.6) is 23.1 Å². The van der Waals surface area contributed by atoms with Crippen molar-refractivity contribution < 1.29 is 41.7 Å². The number of alkyl halides is 3. The number of carbonyl (C=O) groups is 1. The number of urea groups is 1. The van der Waals surface area contributed by atoms with Gasteiger partial charge < -0.3 is 29.0 Å². The summed E-state index contributed by atoms with van der Waals surface area (Å²) in [5.41, 5.74) is -0.0487. The number of rotatable bonds is 12. The lowest BCUT2D eigenvalue weighted by Crippen LogP contribution is -2.19. The number of para-hydroxylation sites is 1. The van der Waals surface area contributed by atoms with Gasteiger partial charge in [0.2, 0.25) is 5.88 Å². The lowest BCUT2D eigenvalue weighted by molar-refractivity contribution is -0.142. The summed E-state index contributed by atoms with van der Waals surface area (Å²) >= 11 is 0. The lowest BCUT2D eigenvalue weighted by atomic mass is 10.2. The van der Waals surface area contributed by atoms with E-state index in [0.717, 1.165) is 10.7 Å². The van der Waals surface area contributed by atoms with Gasteiger partial charge in [-0.15, -0.1) is 5.10 Å². The summed E-state index contributed by atoms with van der Waals surface area (Å²) in [6, 6.07) is 17.4. The van der Waals surface area contributed by atoms with E-state index in [-0.39, 0.29) is 30.8 Å². The molecule has 3 aromatic carbocycles. The maximum Gasteiger partial charge on any atom is 0.433 e. The van der Waals surface area contributed by atoms with Crippen LogP contribution < -0.4 is 24.8 Å². The normalized spacial score (nSPS) is 11.3.